The predicted octanol–water partition coefficient (Wildman–Crippen LogP) is 1.88. The van der Waals surface area contributed by atoms with Crippen molar-refractivity contribution >= 4 is 18.0 Å². The number of piperazine rings is 1. The van der Waals surface area contributed by atoms with Crippen LogP contribution in [-0.2, 0) is 4.79 Å². The molecule has 2 rings (SSSR count). The summed E-state index contributed by atoms with van der Waals surface area (Å²) >= 11 is 0. The lowest BCUT2D eigenvalue weighted by atomic mass is 10.1. The second-order valence-corrected chi connectivity index (χ2v) is 5.39. The Hall–Kier alpha value is -2.30. The molecule has 22 heavy (non-hydrogen) atoms. The molecule has 1 N–H and O–H groups in total. The highest BCUT2D eigenvalue weighted by Gasteiger charge is 2.22. The Balaban J connectivity index is 1.84. The minimum atomic E-state index is -0.0511. The van der Waals surface area contributed by atoms with Gasteiger partial charge in [0.15, 0.2) is 0 Å². The quantitative estimate of drug-likeness (QED) is 0.867. The van der Waals surface area contributed by atoms with Crippen LogP contribution in [0.2, 0.25) is 0 Å². The van der Waals surface area contributed by atoms with Crippen LogP contribution < -0.4 is 5.32 Å². The van der Waals surface area contributed by atoms with Crippen molar-refractivity contribution in [3.63, 3.8) is 0 Å². The van der Waals surface area contributed by atoms with Gasteiger partial charge in [-0.3, -0.25) is 4.79 Å². The highest BCUT2D eigenvalue weighted by Crippen LogP contribution is 2.07. The first-order valence-electron chi connectivity index (χ1n) is 7.66. The predicted molar refractivity (Wildman–Crippen MR) is 87.4 cm³/mol. The molecule has 0 aliphatic carbocycles. The maximum Gasteiger partial charge on any atom is 0.317 e. The summed E-state index contributed by atoms with van der Waals surface area (Å²) < 4.78 is 0. The fourth-order valence-corrected chi connectivity index (χ4v) is 2.34. The van der Waals surface area contributed by atoms with Crippen molar-refractivity contribution in [1.82, 2.24) is 15.1 Å². The van der Waals surface area contributed by atoms with Crippen LogP contribution in [-0.4, -0.2) is 54.5 Å². The Labute approximate surface area is 131 Å². The van der Waals surface area contributed by atoms with Gasteiger partial charge in [-0.1, -0.05) is 29.8 Å². The highest BCUT2D eigenvalue weighted by molar-refractivity contribution is 5.92. The molecule has 0 spiro atoms. The number of urea groups is 1. The normalized spacial score (nSPS) is 15.2. The molecular weight excluding hydrogens is 278 g/mol. The zero-order valence-corrected chi connectivity index (χ0v) is 13.2. The monoisotopic (exact) mass is 301 g/mol. The van der Waals surface area contributed by atoms with Crippen LogP contribution in [0.4, 0.5) is 4.79 Å². The third-order valence-electron chi connectivity index (χ3n) is 3.70. The lowest BCUT2D eigenvalue weighted by molar-refractivity contribution is -0.127. The van der Waals surface area contributed by atoms with Crippen molar-refractivity contribution < 1.29 is 9.59 Å². The number of nitrogens with zero attached hydrogens (tertiary/aromatic N) is 2. The van der Waals surface area contributed by atoms with Gasteiger partial charge in [-0.25, -0.2) is 4.79 Å². The summed E-state index contributed by atoms with van der Waals surface area (Å²) in [7, 11) is 0. The van der Waals surface area contributed by atoms with Gasteiger partial charge in [-0.2, -0.15) is 0 Å². The standard InChI is InChI=1S/C17H23N3O2/c1-3-18-17(22)20-12-10-19(11-13-20)16(21)9-8-15-6-4-14(2)5-7-15/h4-9H,3,10-13H2,1-2H3,(H,18,22)/b9-8+. The van der Waals surface area contributed by atoms with Gasteiger partial charge < -0.3 is 15.1 Å². The number of nitrogens with one attached hydrogen (secondary N) is 1. The van der Waals surface area contributed by atoms with Gasteiger partial charge in [0.25, 0.3) is 0 Å². The molecule has 1 heterocycles. The van der Waals surface area contributed by atoms with Crippen LogP contribution in [0.15, 0.2) is 30.3 Å². The van der Waals surface area contributed by atoms with E-state index < -0.39 is 0 Å². The van der Waals surface area contributed by atoms with Crippen molar-refractivity contribution in [3.8, 4) is 0 Å². The highest BCUT2D eigenvalue weighted by atomic mass is 16.2. The number of amides is 3. The first-order chi connectivity index (χ1) is 10.6. The fraction of sp³-hybridized carbons (Fsp3) is 0.412. The molecule has 0 bridgehead atoms. The molecule has 1 saturated heterocycles. The zero-order valence-electron chi connectivity index (χ0n) is 13.2. The second-order valence-electron chi connectivity index (χ2n) is 5.39. The van der Waals surface area contributed by atoms with E-state index in [0.29, 0.717) is 32.7 Å². The van der Waals surface area contributed by atoms with Crippen LogP contribution in [0.1, 0.15) is 18.1 Å². The molecule has 1 aromatic rings. The summed E-state index contributed by atoms with van der Waals surface area (Å²) in [5.41, 5.74) is 2.21. The Morgan fingerprint density at radius 2 is 1.68 bits per heavy atom. The first-order valence-corrected chi connectivity index (χ1v) is 7.66. The van der Waals surface area contributed by atoms with Crippen molar-refractivity contribution in [2.45, 2.75) is 13.8 Å². The van der Waals surface area contributed by atoms with Crippen molar-refractivity contribution in [2.75, 3.05) is 32.7 Å². The minimum absolute atomic E-state index is 0.00359. The number of benzene rings is 1. The van der Waals surface area contributed by atoms with Gasteiger partial charge in [-0.15, -0.1) is 0 Å². The Morgan fingerprint density at radius 3 is 2.27 bits per heavy atom. The molecule has 0 aromatic heterocycles. The average Bonchev–Trinajstić information content (AvgIpc) is 2.54. The van der Waals surface area contributed by atoms with E-state index in [1.54, 1.807) is 15.9 Å². The van der Waals surface area contributed by atoms with Crippen LogP contribution in [0.3, 0.4) is 0 Å². The lowest BCUT2D eigenvalue weighted by Crippen LogP contribution is -2.52. The number of hydrogen-bond acceptors (Lipinski definition) is 2. The van der Waals surface area contributed by atoms with Gasteiger partial charge in [0.05, 0.1) is 0 Å². The van der Waals surface area contributed by atoms with Crippen LogP contribution >= 0.6 is 0 Å². The summed E-state index contributed by atoms with van der Waals surface area (Å²) in [4.78, 5) is 27.4. The van der Waals surface area contributed by atoms with E-state index >= 15 is 0 Å². The molecule has 1 aliphatic rings. The van der Waals surface area contributed by atoms with E-state index in [4.69, 9.17) is 0 Å². The zero-order chi connectivity index (χ0) is 15.9. The van der Waals surface area contributed by atoms with E-state index in [2.05, 4.69) is 5.32 Å². The summed E-state index contributed by atoms with van der Waals surface area (Å²) in [6.45, 7) is 6.87. The molecule has 0 radical (unpaired) electrons. The fourth-order valence-electron chi connectivity index (χ4n) is 2.34. The molecule has 0 unspecified atom stereocenters. The summed E-state index contributed by atoms with van der Waals surface area (Å²) in [5, 5.41) is 2.78. The molecule has 1 aliphatic heterocycles. The lowest BCUT2D eigenvalue weighted by Gasteiger charge is -2.34. The van der Waals surface area contributed by atoms with Crippen LogP contribution in [0, 0.1) is 6.92 Å². The van der Waals surface area contributed by atoms with E-state index in [0.717, 1.165) is 5.56 Å². The molecular formula is C17H23N3O2. The topological polar surface area (TPSA) is 52.7 Å². The number of aryl methyl sites for hydroxylation is 1. The summed E-state index contributed by atoms with van der Waals surface area (Å²) in [6.07, 6.45) is 3.43. The van der Waals surface area contributed by atoms with Gasteiger partial charge in [-0.05, 0) is 25.5 Å². The molecule has 118 valence electrons. The first kappa shape index (κ1) is 16.1. The Kier molecular flexibility index (Phi) is 5.58. The van der Waals surface area contributed by atoms with Crippen LogP contribution in [0.5, 0.6) is 0 Å². The van der Waals surface area contributed by atoms with E-state index in [1.165, 1.54) is 5.56 Å². The molecule has 0 atom stereocenters. The maximum atomic E-state index is 12.2. The molecule has 5 nitrogen and oxygen atoms in total. The summed E-state index contributed by atoms with van der Waals surface area (Å²) in [6, 6.07) is 7.98. The summed E-state index contributed by atoms with van der Waals surface area (Å²) in [5.74, 6) is -0.00359. The van der Waals surface area contributed by atoms with Gasteiger partial charge >= 0.3 is 6.03 Å². The SMILES string of the molecule is CCNC(=O)N1CCN(C(=O)/C=C/c2ccc(C)cc2)CC1. The van der Waals surface area contributed by atoms with Gasteiger partial charge in [0.2, 0.25) is 5.91 Å². The number of carbonyl (C=O) groups excluding carboxylic acids is 2. The average molecular weight is 301 g/mol. The van der Waals surface area contributed by atoms with E-state index in [1.807, 2.05) is 44.2 Å². The maximum absolute atomic E-state index is 12.2. The van der Waals surface area contributed by atoms with Crippen molar-refractivity contribution in [2.24, 2.45) is 0 Å². The van der Waals surface area contributed by atoms with Crippen molar-refractivity contribution in [1.29, 1.82) is 0 Å². The number of carbonyl (C=O) groups is 2. The molecule has 5 heteroatoms. The number of hydrogen-bond donors (Lipinski definition) is 1. The largest absolute Gasteiger partial charge is 0.338 e. The molecule has 1 fully saturated rings. The third-order valence-corrected chi connectivity index (χ3v) is 3.70. The van der Waals surface area contributed by atoms with E-state index in [-0.39, 0.29) is 11.9 Å². The van der Waals surface area contributed by atoms with Gasteiger partial charge in [0.1, 0.15) is 0 Å². The molecule has 3 amide bonds. The number of rotatable bonds is 3. The van der Waals surface area contributed by atoms with E-state index in [9.17, 15) is 9.59 Å². The smallest absolute Gasteiger partial charge is 0.317 e. The van der Waals surface area contributed by atoms with Crippen LogP contribution in [0.25, 0.3) is 6.08 Å². The second kappa shape index (κ2) is 7.64. The Bertz CT molecular complexity index is 544. The van der Waals surface area contributed by atoms with Gasteiger partial charge in [0, 0.05) is 38.8 Å². The minimum Gasteiger partial charge on any atom is -0.338 e. The Morgan fingerprint density at radius 1 is 1.09 bits per heavy atom. The van der Waals surface area contributed by atoms with Crippen molar-refractivity contribution in [3.05, 3.63) is 41.5 Å². The molecule has 0 saturated carbocycles. The molecule has 1 aromatic carbocycles. The third kappa shape index (κ3) is 4.35.